The Morgan fingerprint density at radius 2 is 2.33 bits per heavy atom. The molecule has 21 heavy (non-hydrogen) atoms. The maximum Gasteiger partial charge on any atom is 0.272 e. The zero-order valence-electron chi connectivity index (χ0n) is 12.6. The fraction of sp³-hybridized carbons (Fsp3) is 0.643. The quantitative estimate of drug-likeness (QED) is 0.792. The largest absolute Gasteiger partial charge is 0.368 e. The van der Waals surface area contributed by atoms with E-state index in [0.717, 1.165) is 25.1 Å². The molecule has 0 radical (unpaired) electrons. The van der Waals surface area contributed by atoms with Crippen LogP contribution in [0.15, 0.2) is 6.07 Å². The van der Waals surface area contributed by atoms with E-state index in [4.69, 9.17) is 5.73 Å². The van der Waals surface area contributed by atoms with Crippen LogP contribution < -0.4 is 11.1 Å². The van der Waals surface area contributed by atoms with Gasteiger partial charge in [0.05, 0.1) is 5.69 Å². The smallest absolute Gasteiger partial charge is 0.272 e. The monoisotopic (exact) mass is 293 g/mol. The van der Waals surface area contributed by atoms with Crippen molar-refractivity contribution in [2.24, 2.45) is 5.73 Å². The normalized spacial score (nSPS) is 18.5. The van der Waals surface area contributed by atoms with E-state index in [1.165, 1.54) is 0 Å². The van der Waals surface area contributed by atoms with Gasteiger partial charge in [0.15, 0.2) is 0 Å². The summed E-state index contributed by atoms with van der Waals surface area (Å²) in [5.41, 5.74) is 6.62. The van der Waals surface area contributed by atoms with Gasteiger partial charge >= 0.3 is 0 Å². The summed E-state index contributed by atoms with van der Waals surface area (Å²) in [5, 5.41) is 7.55. The first-order valence-electron chi connectivity index (χ1n) is 7.37. The predicted octanol–water partition coefficient (Wildman–Crippen LogP) is -0.109. The number of rotatable bonds is 5. The summed E-state index contributed by atoms with van der Waals surface area (Å²) in [6.45, 7) is 5.98. The average Bonchev–Trinajstić information content (AvgIpc) is 2.86. The van der Waals surface area contributed by atoms with Gasteiger partial charge in [-0.25, -0.2) is 0 Å². The van der Waals surface area contributed by atoms with Crippen molar-refractivity contribution >= 4 is 11.8 Å². The zero-order valence-corrected chi connectivity index (χ0v) is 12.6. The van der Waals surface area contributed by atoms with E-state index in [1.54, 1.807) is 15.6 Å². The minimum Gasteiger partial charge on any atom is -0.368 e. The van der Waals surface area contributed by atoms with E-state index in [9.17, 15) is 9.59 Å². The number of aromatic nitrogens is 2. The fourth-order valence-electron chi connectivity index (χ4n) is 2.74. The molecule has 1 aliphatic heterocycles. The molecule has 1 aromatic heterocycles. The molecule has 1 aromatic rings. The minimum absolute atomic E-state index is 0.000683. The average molecular weight is 293 g/mol. The fourth-order valence-corrected chi connectivity index (χ4v) is 2.74. The van der Waals surface area contributed by atoms with Crippen molar-refractivity contribution in [2.75, 3.05) is 19.6 Å². The molecule has 0 spiro atoms. The molecule has 1 aliphatic rings. The van der Waals surface area contributed by atoms with Gasteiger partial charge < -0.3 is 16.0 Å². The van der Waals surface area contributed by atoms with Gasteiger partial charge in [0.2, 0.25) is 5.91 Å². The number of amides is 2. The standard InChI is InChI=1S/C14H23N5O2/c1-3-19-12(7-10(2)17-19)14(21)18(9-13(15)20)11-5-4-6-16-8-11/h7,11,16H,3-6,8-9H2,1-2H3,(H2,15,20). The molecule has 1 saturated heterocycles. The van der Waals surface area contributed by atoms with E-state index in [1.807, 2.05) is 13.8 Å². The number of hydrogen-bond donors (Lipinski definition) is 2. The van der Waals surface area contributed by atoms with Gasteiger partial charge in [-0.3, -0.25) is 14.3 Å². The third-order valence-electron chi connectivity index (χ3n) is 3.72. The summed E-state index contributed by atoms with van der Waals surface area (Å²) in [6.07, 6.45) is 1.87. The molecule has 116 valence electrons. The molecule has 1 fully saturated rings. The van der Waals surface area contributed by atoms with Crippen LogP contribution in [-0.4, -0.2) is 52.2 Å². The number of carbonyl (C=O) groups excluding carboxylic acids is 2. The lowest BCUT2D eigenvalue weighted by molar-refractivity contribution is -0.119. The van der Waals surface area contributed by atoms with Crippen LogP contribution in [0.4, 0.5) is 0 Å². The highest BCUT2D eigenvalue weighted by Gasteiger charge is 2.29. The number of nitrogens with one attached hydrogen (secondary N) is 1. The Balaban J connectivity index is 2.26. The molecule has 0 aliphatic carbocycles. The van der Waals surface area contributed by atoms with Crippen LogP contribution in [0.3, 0.4) is 0 Å². The molecule has 1 unspecified atom stereocenters. The van der Waals surface area contributed by atoms with Crippen LogP contribution in [0.5, 0.6) is 0 Å². The Kier molecular flexibility index (Phi) is 4.95. The Hall–Kier alpha value is -1.89. The third kappa shape index (κ3) is 3.60. The molecule has 0 bridgehead atoms. The molecule has 7 nitrogen and oxygen atoms in total. The van der Waals surface area contributed by atoms with Crippen molar-refractivity contribution in [3.05, 3.63) is 17.5 Å². The maximum atomic E-state index is 12.8. The SMILES string of the molecule is CCn1nc(C)cc1C(=O)N(CC(N)=O)C1CCCNC1. The maximum absolute atomic E-state index is 12.8. The molecule has 0 aromatic carbocycles. The van der Waals surface area contributed by atoms with Gasteiger partial charge in [-0.05, 0) is 39.3 Å². The van der Waals surface area contributed by atoms with Gasteiger partial charge in [0, 0.05) is 19.1 Å². The number of nitrogens with zero attached hydrogens (tertiary/aromatic N) is 3. The number of nitrogens with two attached hydrogens (primary N) is 1. The van der Waals surface area contributed by atoms with Crippen LogP contribution >= 0.6 is 0 Å². The number of carbonyl (C=O) groups is 2. The second-order valence-corrected chi connectivity index (χ2v) is 5.39. The van der Waals surface area contributed by atoms with Gasteiger partial charge in [0.25, 0.3) is 5.91 Å². The molecular formula is C14H23N5O2. The van der Waals surface area contributed by atoms with Crippen molar-refractivity contribution in [1.29, 1.82) is 0 Å². The van der Waals surface area contributed by atoms with E-state index in [-0.39, 0.29) is 18.5 Å². The predicted molar refractivity (Wildman–Crippen MR) is 78.8 cm³/mol. The van der Waals surface area contributed by atoms with E-state index in [2.05, 4.69) is 10.4 Å². The highest BCUT2D eigenvalue weighted by molar-refractivity contribution is 5.95. The molecule has 1 atom stereocenters. The van der Waals surface area contributed by atoms with E-state index in [0.29, 0.717) is 18.8 Å². The van der Waals surface area contributed by atoms with Crippen molar-refractivity contribution in [3.63, 3.8) is 0 Å². The molecule has 2 amide bonds. The van der Waals surface area contributed by atoms with Crippen LogP contribution in [0.1, 0.15) is 35.9 Å². The highest BCUT2D eigenvalue weighted by Crippen LogP contribution is 2.15. The minimum atomic E-state index is -0.492. The number of piperidine rings is 1. The molecule has 2 heterocycles. The van der Waals surface area contributed by atoms with Crippen molar-refractivity contribution < 1.29 is 9.59 Å². The number of hydrogen-bond acceptors (Lipinski definition) is 4. The lowest BCUT2D eigenvalue weighted by Crippen LogP contribution is -2.51. The number of primary amides is 1. The van der Waals surface area contributed by atoms with Crippen LogP contribution in [0, 0.1) is 6.92 Å². The van der Waals surface area contributed by atoms with Crippen LogP contribution in [-0.2, 0) is 11.3 Å². The van der Waals surface area contributed by atoms with Gasteiger partial charge in [0.1, 0.15) is 12.2 Å². The highest BCUT2D eigenvalue weighted by atomic mass is 16.2. The molecule has 2 rings (SSSR count). The van der Waals surface area contributed by atoms with Crippen LogP contribution in [0.25, 0.3) is 0 Å². The van der Waals surface area contributed by atoms with Gasteiger partial charge in [-0.2, -0.15) is 5.10 Å². The van der Waals surface area contributed by atoms with E-state index >= 15 is 0 Å². The second kappa shape index (κ2) is 6.71. The van der Waals surface area contributed by atoms with Crippen LogP contribution in [0.2, 0.25) is 0 Å². The van der Waals surface area contributed by atoms with Gasteiger partial charge in [-0.15, -0.1) is 0 Å². The summed E-state index contributed by atoms with van der Waals surface area (Å²) >= 11 is 0. The van der Waals surface area contributed by atoms with Crippen molar-refractivity contribution in [1.82, 2.24) is 20.0 Å². The second-order valence-electron chi connectivity index (χ2n) is 5.39. The molecule has 7 heteroatoms. The summed E-state index contributed by atoms with van der Waals surface area (Å²) < 4.78 is 1.67. The summed E-state index contributed by atoms with van der Waals surface area (Å²) in [4.78, 5) is 25.7. The zero-order chi connectivity index (χ0) is 15.4. The van der Waals surface area contributed by atoms with E-state index < -0.39 is 5.91 Å². The topological polar surface area (TPSA) is 93.2 Å². The Labute approximate surface area is 124 Å². The first kappa shape index (κ1) is 15.5. The molecular weight excluding hydrogens is 270 g/mol. The molecule has 0 saturated carbocycles. The lowest BCUT2D eigenvalue weighted by Gasteiger charge is -2.33. The van der Waals surface area contributed by atoms with Crippen molar-refractivity contribution in [3.8, 4) is 0 Å². The van der Waals surface area contributed by atoms with Gasteiger partial charge in [-0.1, -0.05) is 0 Å². The Morgan fingerprint density at radius 1 is 1.57 bits per heavy atom. The Morgan fingerprint density at radius 3 is 2.90 bits per heavy atom. The summed E-state index contributed by atoms with van der Waals surface area (Å²) in [7, 11) is 0. The number of aryl methyl sites for hydroxylation is 2. The lowest BCUT2D eigenvalue weighted by atomic mass is 10.1. The Bertz CT molecular complexity index is 519. The van der Waals surface area contributed by atoms with Crippen molar-refractivity contribution in [2.45, 2.75) is 39.3 Å². The first-order chi connectivity index (χ1) is 10.0. The summed E-state index contributed by atoms with van der Waals surface area (Å²) in [5.74, 6) is -0.668. The molecule has 3 N–H and O–H groups in total. The third-order valence-corrected chi connectivity index (χ3v) is 3.72. The first-order valence-corrected chi connectivity index (χ1v) is 7.37. The summed E-state index contributed by atoms with van der Waals surface area (Å²) in [6, 6.07) is 1.76.